The Kier molecular flexibility index (Phi) is 9.57. The highest BCUT2D eigenvalue weighted by atomic mass is 16.7. The standard InChI is InChI=1S/C36H38N2O5/c39-25-26-12-14-28(15-13-26)34-22-33(24-38-16-18-41-19-17-38)42-36(43-34)32-11-5-10-31(21-32)30-9-4-6-27(20-30)23-37-35(40)29-7-2-1-3-8-29/h1-15,20-21,33-34,36,39H,16-19,22-25H2,(H,37,40)/t33-,34+,36+/m1/s1. The zero-order chi connectivity index (χ0) is 29.4. The van der Waals surface area contributed by atoms with Gasteiger partial charge in [-0.2, -0.15) is 0 Å². The van der Waals surface area contributed by atoms with Gasteiger partial charge >= 0.3 is 0 Å². The van der Waals surface area contributed by atoms with Crippen molar-refractivity contribution in [3.63, 3.8) is 0 Å². The van der Waals surface area contributed by atoms with Gasteiger partial charge in [0.25, 0.3) is 5.91 Å². The third kappa shape index (κ3) is 7.57. The summed E-state index contributed by atoms with van der Waals surface area (Å²) in [5.74, 6) is -0.0909. The van der Waals surface area contributed by atoms with Crippen molar-refractivity contribution < 1.29 is 24.1 Å². The van der Waals surface area contributed by atoms with Gasteiger partial charge in [0, 0.05) is 43.7 Å². The molecule has 2 aliphatic rings. The van der Waals surface area contributed by atoms with E-state index in [-0.39, 0.29) is 24.7 Å². The zero-order valence-corrected chi connectivity index (χ0v) is 24.2. The van der Waals surface area contributed by atoms with Crippen LogP contribution < -0.4 is 5.32 Å². The fourth-order valence-electron chi connectivity index (χ4n) is 5.70. The molecular weight excluding hydrogens is 540 g/mol. The Hall–Kier alpha value is -3.85. The molecule has 4 aromatic carbocycles. The van der Waals surface area contributed by atoms with Crippen molar-refractivity contribution in [2.75, 3.05) is 32.8 Å². The van der Waals surface area contributed by atoms with E-state index in [0.717, 1.165) is 72.6 Å². The molecule has 2 saturated heterocycles. The molecule has 6 rings (SSSR count). The highest BCUT2D eigenvalue weighted by Crippen LogP contribution is 2.39. The number of aliphatic hydroxyl groups is 1. The van der Waals surface area contributed by atoms with Gasteiger partial charge in [0.1, 0.15) is 0 Å². The van der Waals surface area contributed by atoms with Gasteiger partial charge in [-0.25, -0.2) is 0 Å². The molecular formula is C36H38N2O5. The van der Waals surface area contributed by atoms with E-state index in [1.54, 1.807) is 0 Å². The Morgan fingerprint density at radius 3 is 2.30 bits per heavy atom. The lowest BCUT2D eigenvalue weighted by atomic mass is 9.98. The van der Waals surface area contributed by atoms with Crippen molar-refractivity contribution in [2.24, 2.45) is 0 Å². The summed E-state index contributed by atoms with van der Waals surface area (Å²) >= 11 is 0. The number of nitrogens with one attached hydrogen (secondary N) is 1. The molecule has 2 fully saturated rings. The fraction of sp³-hybridized carbons (Fsp3) is 0.306. The zero-order valence-electron chi connectivity index (χ0n) is 24.2. The molecule has 0 saturated carbocycles. The summed E-state index contributed by atoms with van der Waals surface area (Å²) in [7, 11) is 0. The highest BCUT2D eigenvalue weighted by molar-refractivity contribution is 5.94. The van der Waals surface area contributed by atoms with Gasteiger partial charge in [0.15, 0.2) is 6.29 Å². The number of benzene rings is 4. The van der Waals surface area contributed by atoms with Gasteiger partial charge in [-0.05, 0) is 52.1 Å². The van der Waals surface area contributed by atoms with Gasteiger partial charge < -0.3 is 24.6 Å². The van der Waals surface area contributed by atoms with Crippen LogP contribution in [0.15, 0.2) is 103 Å². The lowest BCUT2D eigenvalue weighted by Crippen LogP contribution is -2.44. The van der Waals surface area contributed by atoms with Crippen LogP contribution in [0.5, 0.6) is 0 Å². The summed E-state index contributed by atoms with van der Waals surface area (Å²) < 4.78 is 18.8. The Bertz CT molecular complexity index is 1490. The Labute approximate surface area is 253 Å². The second-order valence-electron chi connectivity index (χ2n) is 11.1. The van der Waals surface area contributed by atoms with Crippen LogP contribution in [0.2, 0.25) is 0 Å². The Morgan fingerprint density at radius 2 is 1.53 bits per heavy atom. The van der Waals surface area contributed by atoms with Crippen molar-refractivity contribution in [2.45, 2.75) is 38.1 Å². The molecule has 0 spiro atoms. The summed E-state index contributed by atoms with van der Waals surface area (Å²) in [5.41, 5.74) is 6.71. The third-order valence-electron chi connectivity index (χ3n) is 8.09. The lowest BCUT2D eigenvalue weighted by molar-refractivity contribution is -0.253. The number of nitrogens with zero attached hydrogens (tertiary/aromatic N) is 1. The minimum Gasteiger partial charge on any atom is -0.392 e. The molecule has 2 N–H and O–H groups in total. The number of aliphatic hydroxyl groups excluding tert-OH is 1. The molecule has 4 aromatic rings. The van der Waals surface area contributed by atoms with Gasteiger partial charge in [-0.1, -0.05) is 78.9 Å². The van der Waals surface area contributed by atoms with Crippen molar-refractivity contribution in [3.05, 3.63) is 131 Å². The average Bonchev–Trinajstić information content (AvgIpc) is 3.08. The number of hydrogen-bond donors (Lipinski definition) is 2. The van der Waals surface area contributed by atoms with Crippen LogP contribution in [0.3, 0.4) is 0 Å². The first-order chi connectivity index (χ1) is 21.1. The number of hydrogen-bond acceptors (Lipinski definition) is 6. The number of morpholine rings is 1. The molecule has 0 bridgehead atoms. The van der Waals surface area contributed by atoms with Crippen LogP contribution in [0.25, 0.3) is 11.1 Å². The first kappa shape index (κ1) is 29.2. The SMILES string of the molecule is O=C(NCc1cccc(-c2cccc([C@H]3O[C@@H](CN4CCOCC4)C[C@@H](c4ccc(CO)cc4)O3)c2)c1)c1ccccc1. The maximum absolute atomic E-state index is 12.5. The largest absolute Gasteiger partial charge is 0.392 e. The van der Waals surface area contributed by atoms with E-state index >= 15 is 0 Å². The van der Waals surface area contributed by atoms with Crippen molar-refractivity contribution in [1.29, 1.82) is 0 Å². The molecule has 7 heteroatoms. The fourth-order valence-corrected chi connectivity index (χ4v) is 5.70. The van der Waals surface area contributed by atoms with E-state index < -0.39 is 6.29 Å². The van der Waals surface area contributed by atoms with Gasteiger partial charge in [0.2, 0.25) is 0 Å². The summed E-state index contributed by atoms with van der Waals surface area (Å²) in [5, 5.41) is 12.5. The summed E-state index contributed by atoms with van der Waals surface area (Å²) in [6.45, 7) is 4.58. The number of carbonyl (C=O) groups is 1. The lowest BCUT2D eigenvalue weighted by Gasteiger charge is -2.39. The van der Waals surface area contributed by atoms with Crippen molar-refractivity contribution >= 4 is 5.91 Å². The topological polar surface area (TPSA) is 80.3 Å². The molecule has 0 aliphatic carbocycles. The van der Waals surface area contributed by atoms with Crippen LogP contribution in [0.1, 0.15) is 51.4 Å². The van der Waals surface area contributed by atoms with Gasteiger partial charge in [-0.3, -0.25) is 9.69 Å². The van der Waals surface area contributed by atoms with Crippen molar-refractivity contribution in [3.8, 4) is 11.1 Å². The molecule has 222 valence electrons. The third-order valence-corrected chi connectivity index (χ3v) is 8.09. The Balaban J connectivity index is 1.19. The highest BCUT2D eigenvalue weighted by Gasteiger charge is 2.33. The second-order valence-corrected chi connectivity index (χ2v) is 11.1. The number of rotatable bonds is 9. The molecule has 7 nitrogen and oxygen atoms in total. The predicted molar refractivity (Wildman–Crippen MR) is 165 cm³/mol. The minimum absolute atomic E-state index is 0.000390. The summed E-state index contributed by atoms with van der Waals surface area (Å²) in [6.07, 6.45) is 0.107. The van der Waals surface area contributed by atoms with E-state index in [1.165, 1.54) is 0 Å². The monoisotopic (exact) mass is 578 g/mol. The number of amides is 1. The van der Waals surface area contributed by atoms with E-state index in [2.05, 4.69) is 40.5 Å². The average molecular weight is 579 g/mol. The van der Waals surface area contributed by atoms with E-state index in [9.17, 15) is 9.90 Å². The predicted octanol–water partition coefficient (Wildman–Crippen LogP) is 5.65. The van der Waals surface area contributed by atoms with E-state index in [1.807, 2.05) is 72.8 Å². The summed E-state index contributed by atoms with van der Waals surface area (Å²) in [4.78, 5) is 15.0. The molecule has 0 unspecified atom stereocenters. The van der Waals surface area contributed by atoms with Crippen LogP contribution in [-0.4, -0.2) is 54.9 Å². The number of ether oxygens (including phenoxy) is 3. The quantitative estimate of drug-likeness (QED) is 0.267. The maximum atomic E-state index is 12.5. The Morgan fingerprint density at radius 1 is 0.791 bits per heavy atom. The van der Waals surface area contributed by atoms with Crippen LogP contribution in [0.4, 0.5) is 0 Å². The maximum Gasteiger partial charge on any atom is 0.251 e. The van der Waals surface area contributed by atoms with E-state index in [4.69, 9.17) is 14.2 Å². The molecule has 2 aliphatic heterocycles. The number of carbonyl (C=O) groups excluding carboxylic acids is 1. The first-order valence-electron chi connectivity index (χ1n) is 15.0. The van der Waals surface area contributed by atoms with Crippen LogP contribution >= 0.6 is 0 Å². The molecule has 3 atom stereocenters. The molecule has 43 heavy (non-hydrogen) atoms. The normalized spacial score (nSPS) is 20.9. The molecule has 0 aromatic heterocycles. The van der Waals surface area contributed by atoms with Gasteiger partial charge in [0.05, 0.1) is 32.0 Å². The van der Waals surface area contributed by atoms with Crippen molar-refractivity contribution in [1.82, 2.24) is 10.2 Å². The van der Waals surface area contributed by atoms with Crippen LogP contribution in [-0.2, 0) is 27.4 Å². The van der Waals surface area contributed by atoms with Crippen LogP contribution in [0, 0.1) is 0 Å². The first-order valence-corrected chi connectivity index (χ1v) is 15.0. The smallest absolute Gasteiger partial charge is 0.251 e. The molecule has 1 amide bonds. The second kappa shape index (κ2) is 14.1. The molecule has 2 heterocycles. The van der Waals surface area contributed by atoms with Gasteiger partial charge in [-0.15, -0.1) is 0 Å². The summed E-state index contributed by atoms with van der Waals surface area (Å²) in [6, 6.07) is 33.8. The molecule has 0 radical (unpaired) electrons. The van der Waals surface area contributed by atoms with E-state index in [0.29, 0.717) is 12.1 Å². The minimum atomic E-state index is -0.518.